The first-order valence-corrected chi connectivity index (χ1v) is 15.6. The van der Waals surface area contributed by atoms with Crippen LogP contribution in [0.5, 0.6) is 5.75 Å². The van der Waals surface area contributed by atoms with Gasteiger partial charge in [-0.05, 0) is 68.1 Å². The summed E-state index contributed by atoms with van der Waals surface area (Å²) < 4.78 is 24.4. The number of urea groups is 1. The summed E-state index contributed by atoms with van der Waals surface area (Å²) >= 11 is 4.34. The summed E-state index contributed by atoms with van der Waals surface area (Å²) in [6.45, 7) is 24.6. The van der Waals surface area contributed by atoms with Crippen molar-refractivity contribution in [2.45, 2.75) is 58.5 Å². The molecule has 0 aromatic heterocycles. The zero-order chi connectivity index (χ0) is 33.1. The van der Waals surface area contributed by atoms with E-state index in [1.165, 1.54) is 24.3 Å². The highest BCUT2D eigenvalue weighted by Crippen LogP contribution is 2.36. The van der Waals surface area contributed by atoms with Crippen molar-refractivity contribution in [1.29, 1.82) is 0 Å². The van der Waals surface area contributed by atoms with Crippen molar-refractivity contribution in [3.05, 3.63) is 87.5 Å². The van der Waals surface area contributed by atoms with Crippen LogP contribution < -0.4 is 26.2 Å². The first-order valence-electron chi connectivity index (χ1n) is 14.1. The number of rotatable bonds is 13. The Morgan fingerprint density at radius 1 is 0.956 bits per heavy atom. The predicted octanol–water partition coefficient (Wildman–Crippen LogP) is 8.09. The zero-order valence-electron chi connectivity index (χ0n) is 25.6. The average molecular weight is 651 g/mol. The van der Waals surface area contributed by atoms with Gasteiger partial charge in [0.05, 0.1) is 41.0 Å². The standard InChI is InChI=1S/C32H35ClN6O5S/c1-8-19(3)18-43-45(42)30-17-26(35-7)25(34-6)16-27(30)38-39-32(41)37-24-15-22(11-12-23(24)33)36-31(40)28(9-2)44-29-13-10-20(4)14-21(29)5/h10-17,19,28,38H,8-9,18H2,1-5H3,(H,36,40)(H2,37,39,41). The van der Waals surface area contributed by atoms with Gasteiger partial charge in [-0.2, -0.15) is 0 Å². The van der Waals surface area contributed by atoms with Crippen molar-refractivity contribution in [3.63, 3.8) is 0 Å². The Kier molecular flexibility index (Phi) is 12.7. The first-order chi connectivity index (χ1) is 21.5. The molecule has 3 rings (SSSR count). The SMILES string of the molecule is [C-]#[N+]c1cc(NNC(=O)Nc2cc(NC(=O)C(CC)Oc3ccc(C)cc3C)ccc2Cl)c(S(=O)OCC(C)CC)cc1[N+]#[C-]. The Balaban J connectivity index is 1.71. The highest BCUT2D eigenvalue weighted by molar-refractivity contribution is 7.80. The molecule has 0 heterocycles. The number of hydrogen-bond donors (Lipinski definition) is 4. The van der Waals surface area contributed by atoms with E-state index in [0.717, 1.165) is 17.5 Å². The molecule has 0 saturated carbocycles. The normalized spacial score (nSPS) is 12.5. The second-order valence-corrected chi connectivity index (χ2v) is 11.8. The van der Waals surface area contributed by atoms with Crippen LogP contribution in [0.1, 0.15) is 44.7 Å². The predicted molar refractivity (Wildman–Crippen MR) is 177 cm³/mol. The molecule has 0 aliphatic carbocycles. The van der Waals surface area contributed by atoms with Crippen molar-refractivity contribution in [2.24, 2.45) is 5.92 Å². The van der Waals surface area contributed by atoms with Gasteiger partial charge in [-0.15, -0.1) is 0 Å². The minimum atomic E-state index is -1.98. The number of hydrazine groups is 1. The van der Waals surface area contributed by atoms with Gasteiger partial charge in [0.15, 0.2) is 28.6 Å². The van der Waals surface area contributed by atoms with Gasteiger partial charge >= 0.3 is 6.03 Å². The number of halogens is 1. The summed E-state index contributed by atoms with van der Waals surface area (Å²) in [5.74, 6) is 0.401. The highest BCUT2D eigenvalue weighted by atomic mass is 35.5. The second kappa shape index (κ2) is 16.5. The molecule has 0 saturated heterocycles. The van der Waals surface area contributed by atoms with E-state index in [1.54, 1.807) is 6.07 Å². The number of amides is 3. The third-order valence-corrected chi connectivity index (χ3v) is 8.09. The maximum atomic E-state index is 13.0. The van der Waals surface area contributed by atoms with Gasteiger partial charge < -0.3 is 15.4 Å². The zero-order valence-corrected chi connectivity index (χ0v) is 27.2. The Morgan fingerprint density at radius 2 is 1.67 bits per heavy atom. The number of ether oxygens (including phenoxy) is 1. The van der Waals surface area contributed by atoms with Crippen molar-refractivity contribution in [1.82, 2.24) is 5.43 Å². The van der Waals surface area contributed by atoms with Crippen molar-refractivity contribution < 1.29 is 22.7 Å². The lowest BCUT2D eigenvalue weighted by molar-refractivity contribution is -0.122. The number of hydrogen-bond acceptors (Lipinski definition) is 6. The van der Waals surface area contributed by atoms with Crippen LogP contribution in [0.25, 0.3) is 9.69 Å². The summed E-state index contributed by atoms with van der Waals surface area (Å²) in [6.07, 6.45) is 0.490. The number of nitrogens with zero attached hydrogens (tertiary/aromatic N) is 2. The number of anilines is 3. The molecule has 13 heteroatoms. The maximum absolute atomic E-state index is 13.0. The Morgan fingerprint density at radius 3 is 2.31 bits per heavy atom. The van der Waals surface area contributed by atoms with E-state index in [1.807, 2.05) is 52.8 Å². The maximum Gasteiger partial charge on any atom is 0.337 e. The summed E-state index contributed by atoms with van der Waals surface area (Å²) in [4.78, 5) is 32.6. The first kappa shape index (κ1) is 34.9. The molecule has 236 valence electrons. The molecule has 3 aromatic rings. The largest absolute Gasteiger partial charge is 0.480 e. The fourth-order valence-corrected chi connectivity index (χ4v) is 5.08. The smallest absolute Gasteiger partial charge is 0.337 e. The fraction of sp³-hybridized carbons (Fsp3) is 0.312. The van der Waals surface area contributed by atoms with E-state index >= 15 is 0 Å². The molecule has 0 aliphatic heterocycles. The fourth-order valence-electron chi connectivity index (χ4n) is 3.94. The Bertz CT molecular complexity index is 1670. The lowest BCUT2D eigenvalue weighted by Gasteiger charge is -2.19. The van der Waals surface area contributed by atoms with Gasteiger partial charge in [0, 0.05) is 5.69 Å². The minimum Gasteiger partial charge on any atom is -0.480 e. The van der Waals surface area contributed by atoms with E-state index in [4.69, 9.17) is 33.7 Å². The third-order valence-electron chi connectivity index (χ3n) is 6.71. The molecular weight excluding hydrogens is 616 g/mol. The van der Waals surface area contributed by atoms with E-state index in [0.29, 0.717) is 17.9 Å². The van der Waals surface area contributed by atoms with E-state index in [2.05, 4.69) is 31.2 Å². The van der Waals surface area contributed by atoms with Crippen LogP contribution in [0.2, 0.25) is 5.02 Å². The van der Waals surface area contributed by atoms with Crippen LogP contribution in [0.15, 0.2) is 53.4 Å². The number of carbonyl (C=O) groups excluding carboxylic acids is 2. The highest BCUT2D eigenvalue weighted by Gasteiger charge is 2.21. The van der Waals surface area contributed by atoms with E-state index in [-0.39, 0.29) is 51.1 Å². The molecule has 3 atom stereocenters. The molecule has 0 fully saturated rings. The Hall–Kier alpha value is -4.62. The monoisotopic (exact) mass is 650 g/mol. The van der Waals surface area contributed by atoms with Crippen molar-refractivity contribution >= 4 is 63.1 Å². The Labute approximate surface area is 270 Å². The summed E-state index contributed by atoms with van der Waals surface area (Å²) in [6, 6.07) is 12.2. The van der Waals surface area contributed by atoms with Crippen LogP contribution in [-0.2, 0) is 20.1 Å². The quantitative estimate of drug-likeness (QED) is 0.109. The van der Waals surface area contributed by atoms with E-state index < -0.39 is 23.2 Å². The van der Waals surface area contributed by atoms with Crippen LogP contribution >= 0.6 is 11.6 Å². The summed E-state index contributed by atoms with van der Waals surface area (Å²) in [5.41, 5.74) is 7.79. The molecular formula is C32H35ClN6O5S. The number of nitrogens with one attached hydrogen (secondary N) is 4. The van der Waals surface area contributed by atoms with Gasteiger partial charge in [-0.25, -0.2) is 9.00 Å². The van der Waals surface area contributed by atoms with Crippen LogP contribution in [0.3, 0.4) is 0 Å². The van der Waals surface area contributed by atoms with E-state index in [9.17, 15) is 13.8 Å². The van der Waals surface area contributed by atoms with Crippen molar-refractivity contribution in [2.75, 3.05) is 22.7 Å². The average Bonchev–Trinajstić information content (AvgIpc) is 3.03. The van der Waals surface area contributed by atoms with Gasteiger partial charge in [-0.3, -0.25) is 29.5 Å². The topological polar surface area (TPSA) is 127 Å². The molecule has 45 heavy (non-hydrogen) atoms. The lowest BCUT2D eigenvalue weighted by atomic mass is 10.1. The van der Waals surface area contributed by atoms with Crippen LogP contribution in [0, 0.1) is 32.9 Å². The van der Waals surface area contributed by atoms with Gasteiger partial charge in [0.2, 0.25) is 0 Å². The number of benzene rings is 3. The molecule has 3 unspecified atom stereocenters. The summed E-state index contributed by atoms with van der Waals surface area (Å²) in [7, 11) is 0. The minimum absolute atomic E-state index is 0.00541. The number of aryl methyl sites for hydroxylation is 2. The molecule has 0 aliphatic rings. The van der Waals surface area contributed by atoms with Gasteiger partial charge in [-0.1, -0.05) is 56.5 Å². The van der Waals surface area contributed by atoms with Gasteiger partial charge in [0.1, 0.15) is 5.75 Å². The number of carbonyl (C=O) groups is 2. The molecule has 3 amide bonds. The molecule has 4 N–H and O–H groups in total. The molecule has 0 bridgehead atoms. The molecule has 0 spiro atoms. The van der Waals surface area contributed by atoms with Crippen LogP contribution in [-0.4, -0.2) is 28.9 Å². The molecule has 11 nitrogen and oxygen atoms in total. The molecule has 0 radical (unpaired) electrons. The third kappa shape index (κ3) is 9.68. The second-order valence-electron chi connectivity index (χ2n) is 10.3. The van der Waals surface area contributed by atoms with Crippen LogP contribution in [0.4, 0.5) is 33.2 Å². The molecule has 3 aromatic carbocycles. The lowest BCUT2D eigenvalue weighted by Crippen LogP contribution is -2.34. The summed E-state index contributed by atoms with van der Waals surface area (Å²) in [5, 5.41) is 5.60. The van der Waals surface area contributed by atoms with Crippen molar-refractivity contribution in [3.8, 4) is 5.75 Å². The van der Waals surface area contributed by atoms with Gasteiger partial charge in [0.25, 0.3) is 5.91 Å².